The van der Waals surface area contributed by atoms with E-state index in [-0.39, 0.29) is 0 Å². The monoisotopic (exact) mass is 375 g/mol. The molecule has 5 nitrogen and oxygen atoms in total. The van der Waals surface area contributed by atoms with Gasteiger partial charge in [-0.3, -0.25) is 4.55 Å². The van der Waals surface area contributed by atoms with E-state index in [4.69, 9.17) is 51.0 Å². The van der Waals surface area contributed by atoms with Gasteiger partial charge in [-0.05, 0) is 13.8 Å². The molecule has 0 aliphatic rings. The molecule has 0 amide bonds. The van der Waals surface area contributed by atoms with Crippen LogP contribution in [0.1, 0.15) is 13.8 Å². The minimum Gasteiger partial charge on any atom is -0.273 e. The smallest absolute Gasteiger partial charge is 0.273 e. The van der Waals surface area contributed by atoms with Gasteiger partial charge in [-0.2, -0.15) is 12.7 Å². The maximum atomic E-state index is 10.9. The van der Waals surface area contributed by atoms with Crippen LogP contribution in [-0.4, -0.2) is 38.4 Å². The lowest BCUT2D eigenvalue weighted by Gasteiger charge is -2.22. The van der Waals surface area contributed by atoms with Gasteiger partial charge in [0.2, 0.25) is 0 Å². The maximum Gasteiger partial charge on any atom is 0.353 e. The lowest BCUT2D eigenvalue weighted by atomic mass is 10.1. The van der Waals surface area contributed by atoms with E-state index in [9.17, 15) is 8.42 Å². The van der Waals surface area contributed by atoms with Crippen molar-refractivity contribution in [2.45, 2.75) is 27.9 Å². The van der Waals surface area contributed by atoms with E-state index < -0.39 is 24.3 Å². The third kappa shape index (κ3) is 5.88. The Hall–Kier alpha value is 0.870. The van der Waals surface area contributed by atoms with Crippen molar-refractivity contribution in [1.29, 1.82) is 0 Å². The molecule has 11 heteroatoms. The minimum absolute atomic E-state index is 0.619. The highest BCUT2D eigenvalue weighted by Crippen LogP contribution is 2.43. The predicted octanol–water partition coefficient (Wildman–Crippen LogP) is 3.42. The fourth-order valence-electron chi connectivity index (χ4n) is 0.594. The van der Waals surface area contributed by atoms with Gasteiger partial charge in [0.05, 0.1) is 0 Å². The largest absolute Gasteiger partial charge is 0.353 e. The topological polar surface area (TPSA) is 62.0 Å². The average molecular weight is 377 g/mol. The molecule has 0 aromatic heterocycles. The zero-order valence-electron chi connectivity index (χ0n) is 9.56. The summed E-state index contributed by atoms with van der Waals surface area (Å²) in [7, 11) is -3.19. The van der Waals surface area contributed by atoms with Crippen molar-refractivity contribution in [1.82, 2.24) is 4.31 Å². The molecule has 0 saturated carbocycles. The van der Waals surface area contributed by atoms with E-state index in [0.717, 1.165) is 0 Å². The van der Waals surface area contributed by atoms with Gasteiger partial charge in [0.25, 0.3) is 3.67 Å². The lowest BCUT2D eigenvalue weighted by Crippen LogP contribution is -2.43. The summed E-state index contributed by atoms with van der Waals surface area (Å²) in [5.41, 5.74) is -1.20. The van der Waals surface area contributed by atoms with Gasteiger partial charge >= 0.3 is 28.3 Å². The summed E-state index contributed by atoms with van der Waals surface area (Å²) in [5.74, 6) is 0. The fourth-order valence-corrected chi connectivity index (χ4v) is 2.13. The molecule has 18 heavy (non-hydrogen) atoms. The molecule has 0 fully saturated rings. The molecule has 106 valence electrons. The molecule has 0 spiro atoms. The molecule has 0 unspecified atom stereocenters. The SMILES string of the molecule is CN(C(C)(C)C#[N+]SC(Cl)(Cl)C(Cl)Cl)S(=O)(=O)O. The van der Waals surface area contributed by atoms with Gasteiger partial charge in [0.1, 0.15) is 0 Å². The van der Waals surface area contributed by atoms with E-state index in [1.807, 2.05) is 0 Å². The quantitative estimate of drug-likeness (QED) is 0.464. The molecule has 0 aliphatic carbocycles. The van der Waals surface area contributed by atoms with E-state index in [0.29, 0.717) is 16.3 Å². The summed E-state index contributed by atoms with van der Waals surface area (Å²) in [5, 5.41) is 0. The van der Waals surface area contributed by atoms with Gasteiger partial charge in [-0.25, -0.2) is 0 Å². The first-order valence-electron chi connectivity index (χ1n) is 4.33. The minimum atomic E-state index is -4.36. The first-order chi connectivity index (χ1) is 7.81. The van der Waals surface area contributed by atoms with E-state index in [1.165, 1.54) is 20.9 Å². The molecule has 0 aliphatic heterocycles. The molecule has 0 rings (SSSR count). The molecule has 0 bridgehead atoms. The van der Waals surface area contributed by atoms with Crippen molar-refractivity contribution in [3.05, 3.63) is 4.25 Å². The number of nitrogens with zero attached hydrogens (tertiary/aromatic N) is 2. The molecular weight excluding hydrogens is 366 g/mol. The van der Waals surface area contributed by atoms with Crippen molar-refractivity contribution in [2.75, 3.05) is 7.05 Å². The van der Waals surface area contributed by atoms with Crippen LogP contribution in [0.15, 0.2) is 0 Å². The number of rotatable bonds is 4. The highest BCUT2D eigenvalue weighted by Gasteiger charge is 2.42. The molecule has 1 N–H and O–H groups in total. The highest BCUT2D eigenvalue weighted by atomic mass is 35.5. The van der Waals surface area contributed by atoms with Crippen molar-refractivity contribution in [3.63, 3.8) is 0 Å². The summed E-state index contributed by atoms with van der Waals surface area (Å²) in [6.45, 7) is 2.93. The van der Waals surface area contributed by atoms with Crippen LogP contribution in [0.4, 0.5) is 0 Å². The standard InChI is InChI=1S/C7H10Cl4N2O3S2/c1-6(2,13(3)18(14,15)16)4-12-17-7(10,11)5(8)9/h5H,1-3H3/p+1. The fraction of sp³-hybridized carbons (Fsp3) is 0.857. The summed E-state index contributed by atoms with van der Waals surface area (Å²) in [6, 6.07) is 2.46. The second kappa shape index (κ2) is 6.55. The average Bonchev–Trinajstić information content (AvgIpc) is 2.14. The van der Waals surface area contributed by atoms with Crippen LogP contribution < -0.4 is 0 Å². The third-order valence-corrected chi connectivity index (χ3v) is 5.89. The summed E-state index contributed by atoms with van der Waals surface area (Å²) >= 11 is 23.1. The van der Waals surface area contributed by atoms with Crippen LogP contribution in [-0.2, 0) is 10.3 Å². The Morgan fingerprint density at radius 2 is 1.83 bits per heavy atom. The summed E-state index contributed by atoms with van der Waals surface area (Å²) in [4.78, 5) is -1.10. The second-order valence-corrected chi connectivity index (χ2v) is 9.04. The zero-order chi connectivity index (χ0) is 14.8. The van der Waals surface area contributed by atoms with Gasteiger partial charge < -0.3 is 0 Å². The Labute approximate surface area is 131 Å². The van der Waals surface area contributed by atoms with Crippen molar-refractivity contribution < 1.29 is 13.0 Å². The number of halogens is 4. The van der Waals surface area contributed by atoms with Gasteiger partial charge in [0.15, 0.2) is 10.4 Å². The van der Waals surface area contributed by atoms with Crippen LogP contribution in [0.5, 0.6) is 0 Å². The first-order valence-corrected chi connectivity index (χ1v) is 8.13. The maximum absolute atomic E-state index is 10.9. The van der Waals surface area contributed by atoms with Crippen molar-refractivity contribution >= 4 is 68.7 Å². The second-order valence-electron chi connectivity index (χ2n) is 3.66. The Morgan fingerprint density at radius 1 is 1.39 bits per heavy atom. The Balaban J connectivity index is 4.92. The van der Waals surface area contributed by atoms with Gasteiger partial charge in [-0.15, -0.1) is 23.2 Å². The normalized spacial score (nSPS) is 13.7. The predicted molar refractivity (Wildman–Crippen MR) is 78.2 cm³/mol. The zero-order valence-corrected chi connectivity index (χ0v) is 14.2. The van der Waals surface area contributed by atoms with Crippen LogP contribution in [0.3, 0.4) is 0 Å². The number of alkyl halides is 4. The Morgan fingerprint density at radius 3 is 2.17 bits per heavy atom. The summed E-state index contributed by atoms with van der Waals surface area (Å²) < 4.78 is 33.6. The third-order valence-electron chi connectivity index (χ3n) is 1.87. The lowest BCUT2D eigenvalue weighted by molar-refractivity contribution is 0.301. The van der Waals surface area contributed by atoms with Gasteiger partial charge in [-0.1, -0.05) is 23.2 Å². The number of hydrogen-bond acceptors (Lipinski definition) is 3. The molecule has 0 aromatic carbocycles. The van der Waals surface area contributed by atoms with Crippen molar-refractivity contribution in [2.24, 2.45) is 0 Å². The van der Waals surface area contributed by atoms with E-state index >= 15 is 0 Å². The molecular formula is C7H11Cl4N2O3S2+. The van der Waals surface area contributed by atoms with Crippen molar-refractivity contribution in [3.8, 4) is 6.07 Å². The van der Waals surface area contributed by atoms with Crippen LogP contribution in [0.25, 0.3) is 4.25 Å². The van der Waals surface area contributed by atoms with Crippen LogP contribution >= 0.6 is 58.4 Å². The molecule has 0 saturated heterocycles. The van der Waals surface area contributed by atoms with E-state index in [2.05, 4.69) is 10.3 Å². The van der Waals surface area contributed by atoms with Crippen LogP contribution in [0.2, 0.25) is 0 Å². The first kappa shape index (κ1) is 18.9. The van der Waals surface area contributed by atoms with E-state index in [1.54, 1.807) is 0 Å². The summed E-state index contributed by atoms with van der Waals surface area (Å²) in [6.07, 6.45) is 0. The highest BCUT2D eigenvalue weighted by molar-refractivity contribution is 8.05. The molecule has 0 heterocycles. The molecule has 0 aromatic rings. The Bertz CT molecular complexity index is 455. The molecule has 0 radical (unpaired) electrons. The van der Waals surface area contributed by atoms with Gasteiger partial charge in [0, 0.05) is 11.3 Å². The Kier molecular flexibility index (Phi) is 6.86. The molecule has 0 atom stereocenters. The van der Waals surface area contributed by atoms with Crippen LogP contribution in [0, 0.1) is 6.07 Å². The number of hydrogen-bond donors (Lipinski definition) is 1.